The van der Waals surface area contributed by atoms with Crippen molar-refractivity contribution in [2.45, 2.75) is 75.8 Å². The highest BCUT2D eigenvalue weighted by Gasteiger charge is 2.37. The minimum Gasteiger partial charge on any atom is -0.353 e. The SMILES string of the molecule is CCCn1nnc2cc(S(=O)(=O)N3CCCC[C@H]3C(=O)NCCN3CCCCCC3)ccc21. The topological polar surface area (TPSA) is 100 Å². The molecule has 0 unspecified atom stereocenters. The van der Waals surface area contributed by atoms with E-state index in [4.69, 9.17) is 0 Å². The van der Waals surface area contributed by atoms with Gasteiger partial charge in [0.2, 0.25) is 15.9 Å². The summed E-state index contributed by atoms with van der Waals surface area (Å²) < 4.78 is 30.2. The summed E-state index contributed by atoms with van der Waals surface area (Å²) in [4.78, 5) is 15.6. The Bertz CT molecular complexity index is 1050. The van der Waals surface area contributed by atoms with Crippen LogP contribution in [0.3, 0.4) is 0 Å². The molecule has 2 fully saturated rings. The van der Waals surface area contributed by atoms with Crippen LogP contribution in [0.25, 0.3) is 11.0 Å². The average Bonchev–Trinajstić information content (AvgIpc) is 3.04. The number of nitrogens with zero attached hydrogens (tertiary/aromatic N) is 5. The van der Waals surface area contributed by atoms with Gasteiger partial charge in [0.15, 0.2) is 0 Å². The van der Waals surface area contributed by atoms with Gasteiger partial charge < -0.3 is 10.2 Å². The number of carbonyl (C=O) groups excluding carboxylic acids is 1. The molecule has 1 amide bonds. The van der Waals surface area contributed by atoms with E-state index in [1.54, 1.807) is 22.9 Å². The van der Waals surface area contributed by atoms with Crippen molar-refractivity contribution in [2.24, 2.45) is 0 Å². The number of aromatic nitrogens is 3. The van der Waals surface area contributed by atoms with E-state index in [-0.39, 0.29) is 10.8 Å². The Morgan fingerprint density at radius 1 is 1.06 bits per heavy atom. The van der Waals surface area contributed by atoms with Crippen molar-refractivity contribution >= 4 is 27.0 Å². The fourth-order valence-corrected chi connectivity index (χ4v) is 6.57. The van der Waals surface area contributed by atoms with Crippen LogP contribution < -0.4 is 5.32 Å². The van der Waals surface area contributed by atoms with Crippen molar-refractivity contribution in [2.75, 3.05) is 32.7 Å². The molecule has 1 atom stereocenters. The monoisotopic (exact) mass is 476 g/mol. The van der Waals surface area contributed by atoms with Gasteiger partial charge >= 0.3 is 0 Å². The summed E-state index contributed by atoms with van der Waals surface area (Å²) in [5, 5.41) is 11.3. The Morgan fingerprint density at radius 3 is 2.58 bits per heavy atom. The Kier molecular flexibility index (Phi) is 7.98. The predicted molar refractivity (Wildman–Crippen MR) is 127 cm³/mol. The van der Waals surface area contributed by atoms with Crippen LogP contribution in [0.15, 0.2) is 23.1 Å². The second-order valence-corrected chi connectivity index (χ2v) is 11.0. The van der Waals surface area contributed by atoms with Crippen LogP contribution in [-0.2, 0) is 21.4 Å². The van der Waals surface area contributed by atoms with Crippen molar-refractivity contribution in [3.63, 3.8) is 0 Å². The molecule has 0 aliphatic carbocycles. The molecule has 0 radical (unpaired) electrons. The molecule has 9 nitrogen and oxygen atoms in total. The van der Waals surface area contributed by atoms with Crippen LogP contribution in [0, 0.1) is 0 Å². The van der Waals surface area contributed by atoms with Crippen LogP contribution >= 0.6 is 0 Å². The third-order valence-corrected chi connectivity index (χ3v) is 8.61. The number of piperidine rings is 1. The second kappa shape index (κ2) is 10.9. The van der Waals surface area contributed by atoms with Crippen molar-refractivity contribution in [1.82, 2.24) is 29.5 Å². The lowest BCUT2D eigenvalue weighted by Gasteiger charge is -2.33. The first-order valence-corrected chi connectivity index (χ1v) is 13.8. The summed E-state index contributed by atoms with van der Waals surface area (Å²) in [6.45, 7) is 6.66. The number of amides is 1. The fourth-order valence-electron chi connectivity index (χ4n) is 4.89. The molecule has 3 heterocycles. The van der Waals surface area contributed by atoms with Gasteiger partial charge in [0.1, 0.15) is 11.6 Å². The minimum absolute atomic E-state index is 0.169. The van der Waals surface area contributed by atoms with Gasteiger partial charge in [-0.05, 0) is 63.4 Å². The molecule has 0 saturated carbocycles. The van der Waals surface area contributed by atoms with Gasteiger partial charge in [0.05, 0.1) is 10.4 Å². The third kappa shape index (κ3) is 5.55. The molecule has 33 heavy (non-hydrogen) atoms. The number of fused-ring (bicyclic) bond motifs is 1. The molecular weight excluding hydrogens is 440 g/mol. The average molecular weight is 477 g/mol. The smallest absolute Gasteiger partial charge is 0.243 e. The first-order chi connectivity index (χ1) is 16.0. The Hall–Kier alpha value is -2.04. The second-order valence-electron chi connectivity index (χ2n) is 9.14. The highest BCUT2D eigenvalue weighted by molar-refractivity contribution is 7.89. The normalized spacial score (nSPS) is 21.2. The van der Waals surface area contributed by atoms with Crippen molar-refractivity contribution < 1.29 is 13.2 Å². The number of likely N-dealkylation sites (tertiary alicyclic amines) is 1. The van der Waals surface area contributed by atoms with Crippen molar-refractivity contribution in [3.05, 3.63) is 18.2 Å². The van der Waals surface area contributed by atoms with E-state index in [1.165, 1.54) is 30.0 Å². The summed E-state index contributed by atoms with van der Waals surface area (Å²) >= 11 is 0. The van der Waals surface area contributed by atoms with Crippen LogP contribution in [0.1, 0.15) is 58.3 Å². The number of rotatable bonds is 8. The number of carbonyl (C=O) groups is 1. The molecule has 1 aromatic carbocycles. The highest BCUT2D eigenvalue weighted by atomic mass is 32.2. The van der Waals surface area contributed by atoms with Crippen molar-refractivity contribution in [1.29, 1.82) is 0 Å². The number of nitrogens with one attached hydrogen (secondary N) is 1. The summed E-state index contributed by atoms with van der Waals surface area (Å²) in [6.07, 6.45) is 8.03. The maximum absolute atomic E-state index is 13.5. The van der Waals surface area contributed by atoms with E-state index >= 15 is 0 Å². The maximum atomic E-state index is 13.5. The molecule has 1 N–H and O–H groups in total. The largest absolute Gasteiger partial charge is 0.353 e. The molecule has 1 aromatic heterocycles. The molecular formula is C23H36N6O3S. The summed E-state index contributed by atoms with van der Waals surface area (Å²) in [5.74, 6) is -0.192. The van der Waals surface area contributed by atoms with Crippen molar-refractivity contribution in [3.8, 4) is 0 Å². The fraction of sp³-hybridized carbons (Fsp3) is 0.696. The lowest BCUT2D eigenvalue weighted by molar-refractivity contribution is -0.125. The molecule has 2 saturated heterocycles. The Balaban J connectivity index is 1.45. The first kappa shape index (κ1) is 24.1. The minimum atomic E-state index is -3.82. The number of benzene rings is 1. The quantitative estimate of drug-likeness (QED) is 0.628. The lowest BCUT2D eigenvalue weighted by atomic mass is 10.0. The molecule has 10 heteroatoms. The van der Waals surface area contributed by atoms with Gasteiger partial charge in [-0.2, -0.15) is 4.31 Å². The van der Waals surface area contributed by atoms with E-state index in [0.29, 0.717) is 25.0 Å². The third-order valence-electron chi connectivity index (χ3n) is 6.71. The number of sulfonamides is 1. The Labute approximate surface area is 196 Å². The van der Waals surface area contributed by atoms with E-state index in [0.717, 1.165) is 51.0 Å². The zero-order chi connectivity index (χ0) is 23.3. The molecule has 2 aliphatic rings. The summed E-state index contributed by atoms with van der Waals surface area (Å²) in [6, 6.07) is 4.28. The first-order valence-electron chi connectivity index (χ1n) is 12.4. The Morgan fingerprint density at radius 2 is 1.82 bits per heavy atom. The van der Waals surface area contributed by atoms with Crippen LogP contribution in [0.4, 0.5) is 0 Å². The molecule has 182 valence electrons. The van der Waals surface area contributed by atoms with Crippen LogP contribution in [0.2, 0.25) is 0 Å². The van der Waals surface area contributed by atoms with E-state index in [9.17, 15) is 13.2 Å². The van der Waals surface area contributed by atoms with Gasteiger partial charge in [-0.15, -0.1) is 5.10 Å². The summed E-state index contributed by atoms with van der Waals surface area (Å²) in [5.41, 5.74) is 1.37. The predicted octanol–water partition coefficient (Wildman–Crippen LogP) is 2.38. The van der Waals surface area contributed by atoms with Gasteiger partial charge in [0.25, 0.3) is 0 Å². The molecule has 2 aromatic rings. The standard InChI is InChI=1S/C23H36N6O3S/c1-2-13-28-21-11-10-19(18-20(21)25-26-28)33(31,32)29-16-8-5-9-22(29)23(30)24-12-17-27-14-6-3-4-7-15-27/h10-11,18,22H,2-9,12-17H2,1H3,(H,24,30)/t22-/m0/s1. The molecule has 0 bridgehead atoms. The van der Waals surface area contributed by atoms with Gasteiger partial charge in [-0.1, -0.05) is 31.4 Å². The maximum Gasteiger partial charge on any atom is 0.243 e. The van der Waals surface area contributed by atoms with Crippen LogP contribution in [-0.4, -0.2) is 77.3 Å². The van der Waals surface area contributed by atoms with Gasteiger partial charge in [-0.25, -0.2) is 13.1 Å². The van der Waals surface area contributed by atoms with E-state index < -0.39 is 16.1 Å². The zero-order valence-electron chi connectivity index (χ0n) is 19.6. The van der Waals surface area contributed by atoms with Crippen LogP contribution in [0.5, 0.6) is 0 Å². The highest BCUT2D eigenvalue weighted by Crippen LogP contribution is 2.27. The van der Waals surface area contributed by atoms with E-state index in [2.05, 4.69) is 27.5 Å². The van der Waals surface area contributed by atoms with Gasteiger partial charge in [-0.3, -0.25) is 4.79 Å². The summed E-state index contributed by atoms with van der Waals surface area (Å²) in [7, 11) is -3.82. The molecule has 0 spiro atoms. The number of hydrogen-bond donors (Lipinski definition) is 1. The van der Waals surface area contributed by atoms with E-state index in [1.807, 2.05) is 0 Å². The van der Waals surface area contributed by atoms with Gasteiger partial charge in [0, 0.05) is 26.2 Å². The molecule has 4 rings (SSSR count). The number of aryl methyl sites for hydroxylation is 1. The molecule has 2 aliphatic heterocycles. The zero-order valence-corrected chi connectivity index (χ0v) is 20.4. The number of hydrogen-bond acceptors (Lipinski definition) is 6. The lowest BCUT2D eigenvalue weighted by Crippen LogP contribution is -2.52.